The predicted octanol–water partition coefficient (Wildman–Crippen LogP) is 5.81. The Morgan fingerprint density at radius 2 is 1.62 bits per heavy atom. The molecular weight excluding hydrogens is 569 g/mol. The zero-order valence-electron chi connectivity index (χ0n) is 27.2. The smallest absolute Gasteiger partial charge is 0.253 e. The van der Waals surface area contributed by atoms with Crippen LogP contribution in [0.4, 0.5) is 0 Å². The van der Waals surface area contributed by atoms with Gasteiger partial charge in [-0.05, 0) is 95.0 Å². The highest BCUT2D eigenvalue weighted by Gasteiger charge is 2.30. The second-order valence-corrected chi connectivity index (χ2v) is 17.3. The van der Waals surface area contributed by atoms with E-state index in [0.29, 0.717) is 18.0 Å². The molecule has 1 amide bonds. The Hall–Kier alpha value is -2.01. The van der Waals surface area contributed by atoms with Crippen LogP contribution in [0.1, 0.15) is 109 Å². The molecule has 3 N–H and O–H groups in total. The zero-order chi connectivity index (χ0) is 31.7. The molecule has 1 unspecified atom stereocenters. The minimum atomic E-state index is -3.76. The summed E-state index contributed by atoms with van der Waals surface area (Å²) < 4.78 is 46.7. The van der Waals surface area contributed by atoms with Gasteiger partial charge in [0, 0.05) is 41.8 Å². The van der Waals surface area contributed by atoms with E-state index < -0.39 is 37.5 Å². The van der Waals surface area contributed by atoms with Gasteiger partial charge in [0.15, 0.2) is 0 Å². The van der Waals surface area contributed by atoms with Crippen molar-refractivity contribution in [1.29, 1.82) is 0 Å². The fourth-order valence-corrected chi connectivity index (χ4v) is 8.44. The molecule has 236 valence electrons. The summed E-state index contributed by atoms with van der Waals surface area (Å²) in [7, 11) is -4.96. The van der Waals surface area contributed by atoms with Crippen LogP contribution in [0.15, 0.2) is 29.2 Å². The molecule has 10 heteroatoms. The third-order valence-corrected chi connectivity index (χ3v) is 10.4. The first-order chi connectivity index (χ1) is 19.2. The summed E-state index contributed by atoms with van der Waals surface area (Å²) in [5, 5.41) is 3.03. The van der Waals surface area contributed by atoms with E-state index in [9.17, 15) is 17.4 Å². The fraction of sp³-hybridized carbons (Fsp3) is 0.656. The lowest BCUT2D eigenvalue weighted by Gasteiger charge is -2.27. The van der Waals surface area contributed by atoms with Crippen molar-refractivity contribution in [2.24, 2.45) is 5.92 Å². The van der Waals surface area contributed by atoms with Gasteiger partial charge in [-0.1, -0.05) is 46.1 Å². The standard InChI is InChI=1S/C32H52N4O4S2/c1-22-25(29(37)33-21-32(8,9)34-41(10)38)19-27(36(22)20-23-14-12-11-13-15-23)24-16-17-28(26(18-24)30(2,3)4)42(39,40)35-31(5,6)7/h16-19,23,34-35H,11-15,20-21H2,1-10H3,(H,33,37). The Morgan fingerprint density at radius 1 is 1.00 bits per heavy atom. The molecule has 1 aliphatic rings. The van der Waals surface area contributed by atoms with E-state index >= 15 is 0 Å². The van der Waals surface area contributed by atoms with Crippen molar-refractivity contribution in [2.45, 2.75) is 122 Å². The number of aromatic nitrogens is 1. The Kier molecular flexibility index (Phi) is 10.6. The highest BCUT2D eigenvalue weighted by Crippen LogP contribution is 2.36. The molecule has 0 bridgehead atoms. The van der Waals surface area contributed by atoms with E-state index in [-0.39, 0.29) is 10.8 Å². The summed E-state index contributed by atoms with van der Waals surface area (Å²) in [6.45, 7) is 18.5. The summed E-state index contributed by atoms with van der Waals surface area (Å²) >= 11 is 0. The SMILES string of the molecule is Cc1c(C(=O)NCC(C)(C)NS(C)=O)cc(-c2ccc(S(=O)(=O)NC(C)(C)C)c(C(C)(C)C)c2)n1CC1CCCCC1. The maximum Gasteiger partial charge on any atom is 0.253 e. The highest BCUT2D eigenvalue weighted by molar-refractivity contribution is 7.89. The van der Waals surface area contributed by atoms with Crippen molar-refractivity contribution in [3.63, 3.8) is 0 Å². The summed E-state index contributed by atoms with van der Waals surface area (Å²) in [6, 6.07) is 7.49. The largest absolute Gasteiger partial charge is 0.350 e. The molecule has 0 aliphatic heterocycles. The second kappa shape index (κ2) is 12.9. The molecule has 42 heavy (non-hydrogen) atoms. The first-order valence-electron chi connectivity index (χ1n) is 15.0. The van der Waals surface area contributed by atoms with Crippen LogP contribution in [0.2, 0.25) is 0 Å². The van der Waals surface area contributed by atoms with Crippen molar-refractivity contribution < 1.29 is 17.4 Å². The van der Waals surface area contributed by atoms with Gasteiger partial charge >= 0.3 is 0 Å². The van der Waals surface area contributed by atoms with E-state index in [1.807, 2.05) is 80.5 Å². The molecule has 2 aromatic rings. The Labute approximate surface area is 256 Å². The molecule has 1 aliphatic carbocycles. The monoisotopic (exact) mass is 620 g/mol. The number of hydrogen-bond donors (Lipinski definition) is 3. The summed E-state index contributed by atoms with van der Waals surface area (Å²) in [5.74, 6) is 0.345. The van der Waals surface area contributed by atoms with Crippen molar-refractivity contribution in [3.8, 4) is 11.3 Å². The second-order valence-electron chi connectivity index (χ2n) is 14.6. The fourth-order valence-electron chi connectivity index (χ4n) is 5.77. The average molecular weight is 621 g/mol. The number of hydrogen-bond acceptors (Lipinski definition) is 4. The Bertz CT molecular complexity index is 1410. The molecule has 1 heterocycles. The number of sulfonamides is 1. The number of nitrogens with zero attached hydrogens (tertiary/aromatic N) is 1. The van der Waals surface area contributed by atoms with Gasteiger partial charge in [0.25, 0.3) is 5.91 Å². The zero-order valence-corrected chi connectivity index (χ0v) is 28.9. The molecule has 1 fully saturated rings. The maximum atomic E-state index is 13.5. The van der Waals surface area contributed by atoms with Crippen LogP contribution in [0.3, 0.4) is 0 Å². The minimum Gasteiger partial charge on any atom is -0.350 e. The van der Waals surface area contributed by atoms with Gasteiger partial charge in [0.2, 0.25) is 10.0 Å². The molecule has 1 aromatic carbocycles. The lowest BCUT2D eigenvalue weighted by Crippen LogP contribution is -2.49. The Morgan fingerprint density at radius 3 is 2.17 bits per heavy atom. The molecule has 8 nitrogen and oxygen atoms in total. The number of rotatable bonds is 10. The van der Waals surface area contributed by atoms with Crippen LogP contribution in [0.5, 0.6) is 0 Å². The van der Waals surface area contributed by atoms with Gasteiger partial charge in [-0.3, -0.25) is 4.79 Å². The summed E-state index contributed by atoms with van der Waals surface area (Å²) in [4.78, 5) is 13.8. The topological polar surface area (TPSA) is 109 Å². The summed E-state index contributed by atoms with van der Waals surface area (Å²) in [5.41, 5.74) is 2.42. The number of carbonyl (C=O) groups excluding carboxylic acids is 1. The third-order valence-electron chi connectivity index (χ3n) is 7.70. The molecular formula is C32H52N4O4S2. The van der Waals surface area contributed by atoms with Crippen molar-refractivity contribution in [2.75, 3.05) is 12.8 Å². The maximum absolute atomic E-state index is 13.5. The van der Waals surface area contributed by atoms with Crippen molar-refractivity contribution in [3.05, 3.63) is 41.1 Å². The molecule has 1 saturated carbocycles. The molecule has 0 radical (unpaired) electrons. The number of benzene rings is 1. The van der Waals surface area contributed by atoms with Crippen LogP contribution in [-0.2, 0) is 33.0 Å². The van der Waals surface area contributed by atoms with E-state index in [1.54, 1.807) is 12.3 Å². The van der Waals surface area contributed by atoms with Gasteiger partial charge in [-0.25, -0.2) is 22.1 Å². The number of nitrogens with one attached hydrogen (secondary N) is 3. The van der Waals surface area contributed by atoms with Gasteiger partial charge in [0.1, 0.15) is 0 Å². The van der Waals surface area contributed by atoms with E-state index in [4.69, 9.17) is 0 Å². The molecule has 1 aromatic heterocycles. The van der Waals surface area contributed by atoms with E-state index in [1.165, 1.54) is 19.3 Å². The first-order valence-corrected chi connectivity index (χ1v) is 18.0. The predicted molar refractivity (Wildman–Crippen MR) is 174 cm³/mol. The third kappa shape index (κ3) is 9.00. The molecule has 0 saturated heterocycles. The van der Waals surface area contributed by atoms with Crippen molar-refractivity contribution >= 4 is 26.9 Å². The van der Waals surface area contributed by atoms with Gasteiger partial charge in [-0.2, -0.15) is 0 Å². The lowest BCUT2D eigenvalue weighted by atomic mass is 9.85. The van der Waals surface area contributed by atoms with E-state index in [0.717, 1.165) is 41.9 Å². The van der Waals surface area contributed by atoms with Crippen LogP contribution < -0.4 is 14.8 Å². The summed E-state index contributed by atoms with van der Waals surface area (Å²) in [6.07, 6.45) is 7.60. The quantitative estimate of drug-likeness (QED) is 0.312. The number of carbonyl (C=O) groups is 1. The molecule has 1 atom stereocenters. The lowest BCUT2D eigenvalue weighted by molar-refractivity contribution is 0.0944. The Balaban J connectivity index is 2.11. The highest BCUT2D eigenvalue weighted by atomic mass is 32.2. The molecule has 3 rings (SSSR count). The van der Waals surface area contributed by atoms with Gasteiger partial charge in [0.05, 0.1) is 21.4 Å². The minimum absolute atomic E-state index is 0.183. The normalized spacial score (nSPS) is 16.4. The van der Waals surface area contributed by atoms with Crippen LogP contribution in [-0.4, -0.2) is 47.0 Å². The number of amides is 1. The first kappa shape index (κ1) is 34.5. The van der Waals surface area contributed by atoms with Gasteiger partial charge in [-0.15, -0.1) is 0 Å². The van der Waals surface area contributed by atoms with Crippen LogP contribution >= 0.6 is 0 Å². The van der Waals surface area contributed by atoms with Crippen molar-refractivity contribution in [1.82, 2.24) is 19.3 Å². The van der Waals surface area contributed by atoms with Crippen LogP contribution in [0, 0.1) is 12.8 Å². The molecule has 0 spiro atoms. The van der Waals surface area contributed by atoms with E-state index in [2.05, 4.69) is 19.3 Å². The average Bonchev–Trinajstić information content (AvgIpc) is 3.16. The van der Waals surface area contributed by atoms with Crippen LogP contribution in [0.25, 0.3) is 11.3 Å². The van der Waals surface area contributed by atoms with Gasteiger partial charge < -0.3 is 9.88 Å².